The number of ether oxygens (including phenoxy) is 1. The maximum absolute atomic E-state index is 11.6. The molecule has 5 heteroatoms. The predicted molar refractivity (Wildman–Crippen MR) is 36.3 cm³/mol. The second-order valence-corrected chi connectivity index (χ2v) is 1.78. The lowest BCUT2D eigenvalue weighted by atomic mass is 10.6. The van der Waals surface area contributed by atoms with Crippen LogP contribution in [-0.4, -0.2) is 23.2 Å². The third-order valence-electron chi connectivity index (χ3n) is 1.02. The average Bonchev–Trinajstić information content (AvgIpc) is 2.03. The highest BCUT2D eigenvalue weighted by molar-refractivity contribution is 5.10. The zero-order valence-corrected chi connectivity index (χ0v) is 5.71. The van der Waals surface area contributed by atoms with Crippen LogP contribution in [0.15, 0.2) is 17.3 Å². The van der Waals surface area contributed by atoms with Crippen molar-refractivity contribution in [3.8, 4) is 5.75 Å². The number of nitrogens with zero attached hydrogens (tertiary/aromatic N) is 1. The molecule has 0 aromatic carbocycles. The summed E-state index contributed by atoms with van der Waals surface area (Å²) in [5.74, 6) is 0.0464. The van der Waals surface area contributed by atoms with Crippen molar-refractivity contribution in [3.05, 3.63) is 22.9 Å². The van der Waals surface area contributed by atoms with E-state index in [4.69, 9.17) is 4.74 Å². The maximum Gasteiger partial charge on any atom is 0.293 e. The van der Waals surface area contributed by atoms with Gasteiger partial charge in [-0.05, 0) is 0 Å². The van der Waals surface area contributed by atoms with E-state index in [1.165, 1.54) is 12.5 Å². The van der Waals surface area contributed by atoms with Crippen molar-refractivity contribution < 1.29 is 9.13 Å². The molecule has 1 N–H and O–H groups in total. The normalized spacial score (nSPS) is 9.55. The molecule has 1 aromatic heterocycles. The summed E-state index contributed by atoms with van der Waals surface area (Å²) in [5, 5.41) is 0. The van der Waals surface area contributed by atoms with E-state index >= 15 is 0 Å². The molecule has 0 aliphatic heterocycles. The highest BCUT2D eigenvalue weighted by Crippen LogP contribution is 1.95. The van der Waals surface area contributed by atoms with Crippen LogP contribution in [0.4, 0.5) is 4.39 Å². The van der Waals surface area contributed by atoms with Crippen molar-refractivity contribution in [1.82, 2.24) is 9.97 Å². The predicted octanol–water partition coefficient (Wildman–Crippen LogP) is 0.118. The second-order valence-electron chi connectivity index (χ2n) is 1.78. The van der Waals surface area contributed by atoms with Gasteiger partial charge in [-0.15, -0.1) is 0 Å². The van der Waals surface area contributed by atoms with E-state index in [2.05, 4.69) is 9.97 Å². The van der Waals surface area contributed by atoms with Crippen molar-refractivity contribution in [3.63, 3.8) is 0 Å². The fourth-order valence-corrected chi connectivity index (χ4v) is 0.582. The third-order valence-corrected chi connectivity index (χ3v) is 1.02. The standard InChI is InChI=1S/C6H7FN2O2/c7-1-2-11-5-3-8-4-9-6(5)10/h3-4H,1-2H2,(H,8,9,10). The van der Waals surface area contributed by atoms with E-state index in [9.17, 15) is 9.18 Å². The van der Waals surface area contributed by atoms with Crippen LogP contribution in [0, 0.1) is 0 Å². The number of alkyl halides is 1. The van der Waals surface area contributed by atoms with Crippen LogP contribution < -0.4 is 10.3 Å². The molecule has 1 heterocycles. The topological polar surface area (TPSA) is 55.0 Å². The van der Waals surface area contributed by atoms with E-state index in [-0.39, 0.29) is 12.4 Å². The molecule has 0 radical (unpaired) electrons. The lowest BCUT2D eigenvalue weighted by Crippen LogP contribution is -2.12. The Hall–Kier alpha value is -1.39. The molecule has 0 spiro atoms. The molecule has 11 heavy (non-hydrogen) atoms. The molecular weight excluding hydrogens is 151 g/mol. The number of aromatic nitrogens is 2. The lowest BCUT2D eigenvalue weighted by molar-refractivity contribution is 0.269. The first-order valence-electron chi connectivity index (χ1n) is 3.06. The number of rotatable bonds is 3. The van der Waals surface area contributed by atoms with E-state index < -0.39 is 12.2 Å². The molecule has 1 rings (SSSR count). The van der Waals surface area contributed by atoms with E-state index in [0.717, 1.165) is 0 Å². The molecule has 0 aliphatic carbocycles. The Morgan fingerprint density at radius 3 is 3.18 bits per heavy atom. The zero-order valence-electron chi connectivity index (χ0n) is 5.71. The molecule has 0 aliphatic rings. The molecule has 60 valence electrons. The van der Waals surface area contributed by atoms with Gasteiger partial charge >= 0.3 is 0 Å². The van der Waals surface area contributed by atoms with Crippen LogP contribution in [0.25, 0.3) is 0 Å². The van der Waals surface area contributed by atoms with Crippen LogP contribution in [0.3, 0.4) is 0 Å². The van der Waals surface area contributed by atoms with Crippen molar-refractivity contribution in [2.75, 3.05) is 13.3 Å². The Kier molecular flexibility index (Phi) is 2.59. The van der Waals surface area contributed by atoms with Gasteiger partial charge in [-0.2, -0.15) is 0 Å². The van der Waals surface area contributed by atoms with Crippen LogP contribution in [0.2, 0.25) is 0 Å². The van der Waals surface area contributed by atoms with Crippen molar-refractivity contribution >= 4 is 0 Å². The minimum atomic E-state index is -0.617. The summed E-state index contributed by atoms with van der Waals surface area (Å²) >= 11 is 0. The minimum Gasteiger partial charge on any atom is -0.484 e. The SMILES string of the molecule is O=c1[nH]cncc1OCCF. The highest BCUT2D eigenvalue weighted by Gasteiger charge is 1.97. The molecule has 1 aromatic rings. The van der Waals surface area contributed by atoms with Crippen LogP contribution in [-0.2, 0) is 0 Å². The van der Waals surface area contributed by atoms with Crippen LogP contribution in [0.1, 0.15) is 0 Å². The van der Waals surface area contributed by atoms with Crippen LogP contribution >= 0.6 is 0 Å². The van der Waals surface area contributed by atoms with E-state index in [0.29, 0.717) is 0 Å². The molecule has 0 atom stereocenters. The first kappa shape index (κ1) is 7.71. The number of hydrogen-bond acceptors (Lipinski definition) is 3. The number of H-pyrrole nitrogens is 1. The quantitative estimate of drug-likeness (QED) is 0.679. The first-order chi connectivity index (χ1) is 5.34. The molecule has 0 bridgehead atoms. The fourth-order valence-electron chi connectivity index (χ4n) is 0.582. The van der Waals surface area contributed by atoms with Gasteiger partial charge in [-0.1, -0.05) is 0 Å². The van der Waals surface area contributed by atoms with Gasteiger partial charge in [0, 0.05) is 0 Å². The van der Waals surface area contributed by atoms with Gasteiger partial charge in [0.1, 0.15) is 13.3 Å². The Morgan fingerprint density at radius 1 is 1.73 bits per heavy atom. The molecule has 0 unspecified atom stereocenters. The number of aromatic amines is 1. The van der Waals surface area contributed by atoms with Gasteiger partial charge < -0.3 is 9.72 Å². The summed E-state index contributed by atoms with van der Waals surface area (Å²) in [5.41, 5.74) is -0.395. The highest BCUT2D eigenvalue weighted by atomic mass is 19.1. The van der Waals surface area contributed by atoms with E-state index in [1.54, 1.807) is 0 Å². The Balaban J connectivity index is 2.70. The summed E-state index contributed by atoms with van der Waals surface area (Å²) < 4.78 is 16.3. The summed E-state index contributed by atoms with van der Waals surface area (Å²) in [7, 11) is 0. The van der Waals surface area contributed by atoms with Crippen LogP contribution in [0.5, 0.6) is 5.75 Å². The Morgan fingerprint density at radius 2 is 2.55 bits per heavy atom. The monoisotopic (exact) mass is 158 g/mol. The summed E-state index contributed by atoms with van der Waals surface area (Å²) in [6.07, 6.45) is 2.49. The number of halogens is 1. The summed E-state index contributed by atoms with van der Waals surface area (Å²) in [6, 6.07) is 0. The van der Waals surface area contributed by atoms with Crippen molar-refractivity contribution in [1.29, 1.82) is 0 Å². The summed E-state index contributed by atoms with van der Waals surface area (Å²) in [4.78, 5) is 16.7. The Bertz CT molecular complexity index is 273. The summed E-state index contributed by atoms with van der Waals surface area (Å²) in [6.45, 7) is -0.733. The molecule has 0 amide bonds. The van der Waals surface area contributed by atoms with Gasteiger partial charge in [0.05, 0.1) is 12.5 Å². The number of hydrogen-bond donors (Lipinski definition) is 1. The van der Waals surface area contributed by atoms with Gasteiger partial charge in [0.15, 0.2) is 0 Å². The smallest absolute Gasteiger partial charge is 0.293 e. The molecule has 4 nitrogen and oxygen atoms in total. The average molecular weight is 158 g/mol. The lowest BCUT2D eigenvalue weighted by Gasteiger charge is -1.98. The first-order valence-corrected chi connectivity index (χ1v) is 3.06. The number of nitrogens with one attached hydrogen (secondary N) is 1. The van der Waals surface area contributed by atoms with Crippen molar-refractivity contribution in [2.45, 2.75) is 0 Å². The second kappa shape index (κ2) is 3.70. The van der Waals surface area contributed by atoms with Crippen molar-refractivity contribution in [2.24, 2.45) is 0 Å². The van der Waals surface area contributed by atoms with Gasteiger partial charge in [0.2, 0.25) is 5.75 Å². The Labute approximate surface area is 62.0 Å². The molecule has 0 saturated heterocycles. The third kappa shape index (κ3) is 2.03. The minimum absolute atomic E-state index is 0.0464. The van der Waals surface area contributed by atoms with E-state index in [1.807, 2.05) is 0 Å². The molecule has 0 saturated carbocycles. The largest absolute Gasteiger partial charge is 0.484 e. The maximum atomic E-state index is 11.6. The van der Waals surface area contributed by atoms with Gasteiger partial charge in [-0.3, -0.25) is 4.79 Å². The van der Waals surface area contributed by atoms with Gasteiger partial charge in [0.25, 0.3) is 5.56 Å². The fraction of sp³-hybridized carbons (Fsp3) is 0.333. The van der Waals surface area contributed by atoms with Gasteiger partial charge in [-0.25, -0.2) is 9.37 Å². The molecule has 0 fully saturated rings. The zero-order chi connectivity index (χ0) is 8.10. The molecular formula is C6H7FN2O2.